The van der Waals surface area contributed by atoms with Gasteiger partial charge in [-0.3, -0.25) is 9.48 Å². The topological polar surface area (TPSA) is 56.1 Å². The second-order valence-corrected chi connectivity index (χ2v) is 5.72. The van der Waals surface area contributed by atoms with Gasteiger partial charge in [0.1, 0.15) is 11.4 Å². The number of amides is 1. The predicted octanol–water partition coefficient (Wildman–Crippen LogP) is 2.77. The molecular formula is C17H21N3O2. The molecular weight excluding hydrogens is 278 g/mol. The van der Waals surface area contributed by atoms with Crippen molar-refractivity contribution in [3.8, 4) is 17.0 Å². The lowest BCUT2D eigenvalue weighted by atomic mass is 10.1. The zero-order valence-corrected chi connectivity index (χ0v) is 13.0. The average molecular weight is 299 g/mol. The number of aryl methyl sites for hydroxylation is 1. The molecule has 1 aromatic carbocycles. The van der Waals surface area contributed by atoms with Gasteiger partial charge < -0.3 is 10.1 Å². The Morgan fingerprint density at radius 1 is 1.27 bits per heavy atom. The monoisotopic (exact) mass is 299 g/mol. The quantitative estimate of drug-likeness (QED) is 0.944. The summed E-state index contributed by atoms with van der Waals surface area (Å²) in [6, 6.07) is 9.82. The Morgan fingerprint density at radius 2 is 1.95 bits per heavy atom. The molecule has 5 nitrogen and oxygen atoms in total. The number of carbonyl (C=O) groups is 1. The molecule has 1 aliphatic rings. The summed E-state index contributed by atoms with van der Waals surface area (Å²) >= 11 is 0. The highest BCUT2D eigenvalue weighted by atomic mass is 16.5. The first kappa shape index (κ1) is 14.6. The summed E-state index contributed by atoms with van der Waals surface area (Å²) in [6.07, 6.45) is 4.56. The molecule has 0 atom stereocenters. The molecule has 0 unspecified atom stereocenters. The summed E-state index contributed by atoms with van der Waals surface area (Å²) in [5.41, 5.74) is 2.36. The third-order valence-corrected chi connectivity index (χ3v) is 4.19. The van der Waals surface area contributed by atoms with Crippen LogP contribution in [0.1, 0.15) is 36.2 Å². The highest BCUT2D eigenvalue weighted by molar-refractivity contribution is 5.93. The highest BCUT2D eigenvalue weighted by Gasteiger charge is 2.20. The number of hydrogen-bond donors (Lipinski definition) is 1. The summed E-state index contributed by atoms with van der Waals surface area (Å²) in [5, 5.41) is 7.55. The van der Waals surface area contributed by atoms with Crippen LogP contribution in [0.2, 0.25) is 0 Å². The third-order valence-electron chi connectivity index (χ3n) is 4.19. The SMILES string of the molecule is COc1ccc(-c2cc(C(=O)NC3CCCC3)n(C)n2)cc1. The van der Waals surface area contributed by atoms with Crippen LogP contribution in [0.4, 0.5) is 0 Å². The van der Waals surface area contributed by atoms with Crippen molar-refractivity contribution in [1.82, 2.24) is 15.1 Å². The Morgan fingerprint density at radius 3 is 2.59 bits per heavy atom. The van der Waals surface area contributed by atoms with E-state index >= 15 is 0 Å². The van der Waals surface area contributed by atoms with E-state index in [1.54, 1.807) is 18.8 Å². The number of nitrogens with zero attached hydrogens (tertiary/aromatic N) is 2. The minimum absolute atomic E-state index is 0.0401. The van der Waals surface area contributed by atoms with Crippen molar-refractivity contribution >= 4 is 5.91 Å². The minimum atomic E-state index is -0.0401. The van der Waals surface area contributed by atoms with Crippen molar-refractivity contribution in [2.24, 2.45) is 7.05 Å². The molecule has 0 spiro atoms. The minimum Gasteiger partial charge on any atom is -0.497 e. The van der Waals surface area contributed by atoms with Gasteiger partial charge in [0, 0.05) is 18.7 Å². The normalized spacial score (nSPS) is 15.0. The molecule has 1 aliphatic carbocycles. The maximum atomic E-state index is 12.4. The van der Waals surface area contributed by atoms with Crippen LogP contribution in [0.5, 0.6) is 5.75 Å². The number of ether oxygens (including phenoxy) is 1. The molecule has 0 aliphatic heterocycles. The summed E-state index contributed by atoms with van der Waals surface area (Å²) in [6.45, 7) is 0. The molecule has 5 heteroatoms. The zero-order chi connectivity index (χ0) is 15.5. The molecule has 116 valence electrons. The second kappa shape index (κ2) is 6.22. The number of nitrogens with one attached hydrogen (secondary N) is 1. The predicted molar refractivity (Wildman–Crippen MR) is 84.9 cm³/mol. The van der Waals surface area contributed by atoms with Crippen molar-refractivity contribution in [3.63, 3.8) is 0 Å². The van der Waals surface area contributed by atoms with E-state index in [0.717, 1.165) is 29.8 Å². The largest absolute Gasteiger partial charge is 0.497 e. The van der Waals surface area contributed by atoms with Crippen LogP contribution < -0.4 is 10.1 Å². The molecule has 1 aromatic heterocycles. The Labute approximate surface area is 130 Å². The molecule has 1 amide bonds. The number of methoxy groups -OCH3 is 1. The van der Waals surface area contributed by atoms with E-state index in [9.17, 15) is 4.79 Å². The van der Waals surface area contributed by atoms with Crippen molar-refractivity contribution in [3.05, 3.63) is 36.0 Å². The Bertz CT molecular complexity index is 655. The number of rotatable bonds is 4. The number of benzene rings is 1. The fourth-order valence-corrected chi connectivity index (χ4v) is 2.91. The van der Waals surface area contributed by atoms with E-state index in [4.69, 9.17) is 4.74 Å². The molecule has 0 saturated heterocycles. The number of hydrogen-bond acceptors (Lipinski definition) is 3. The summed E-state index contributed by atoms with van der Waals surface area (Å²) in [5.74, 6) is 0.764. The van der Waals surface area contributed by atoms with Crippen molar-refractivity contribution in [1.29, 1.82) is 0 Å². The van der Waals surface area contributed by atoms with Crippen molar-refractivity contribution in [2.75, 3.05) is 7.11 Å². The summed E-state index contributed by atoms with van der Waals surface area (Å²) in [4.78, 5) is 12.4. The molecule has 1 saturated carbocycles. The van der Waals surface area contributed by atoms with E-state index in [0.29, 0.717) is 11.7 Å². The Balaban J connectivity index is 1.78. The van der Waals surface area contributed by atoms with Crippen LogP contribution in [-0.4, -0.2) is 28.8 Å². The van der Waals surface area contributed by atoms with Crippen molar-refractivity contribution in [2.45, 2.75) is 31.7 Å². The number of carbonyl (C=O) groups excluding carboxylic acids is 1. The van der Waals surface area contributed by atoms with Gasteiger partial charge in [-0.05, 0) is 43.2 Å². The molecule has 1 N–H and O–H groups in total. The molecule has 1 fully saturated rings. The molecule has 22 heavy (non-hydrogen) atoms. The van der Waals surface area contributed by atoms with E-state index in [1.807, 2.05) is 30.3 Å². The lowest BCUT2D eigenvalue weighted by molar-refractivity contribution is 0.0928. The maximum absolute atomic E-state index is 12.4. The van der Waals surface area contributed by atoms with Gasteiger partial charge in [0.15, 0.2) is 0 Å². The summed E-state index contributed by atoms with van der Waals surface area (Å²) in [7, 11) is 3.44. The van der Waals surface area contributed by atoms with Gasteiger partial charge in [-0.25, -0.2) is 0 Å². The average Bonchev–Trinajstić information content (AvgIpc) is 3.17. The Hall–Kier alpha value is -2.30. The van der Waals surface area contributed by atoms with Gasteiger partial charge in [-0.2, -0.15) is 5.10 Å². The lowest BCUT2D eigenvalue weighted by Gasteiger charge is -2.11. The smallest absolute Gasteiger partial charge is 0.269 e. The Kier molecular flexibility index (Phi) is 4.13. The zero-order valence-electron chi connectivity index (χ0n) is 13.0. The van der Waals surface area contributed by atoms with Crippen LogP contribution in [0.25, 0.3) is 11.3 Å². The van der Waals surface area contributed by atoms with Crippen LogP contribution in [0, 0.1) is 0 Å². The first-order valence-corrected chi connectivity index (χ1v) is 7.66. The molecule has 0 bridgehead atoms. The third kappa shape index (κ3) is 2.98. The summed E-state index contributed by atoms with van der Waals surface area (Å²) < 4.78 is 6.80. The maximum Gasteiger partial charge on any atom is 0.269 e. The molecule has 3 rings (SSSR count). The first-order chi connectivity index (χ1) is 10.7. The van der Waals surface area contributed by atoms with E-state index in [1.165, 1.54) is 12.8 Å². The van der Waals surface area contributed by atoms with E-state index in [-0.39, 0.29) is 5.91 Å². The van der Waals surface area contributed by atoms with E-state index in [2.05, 4.69) is 10.4 Å². The van der Waals surface area contributed by atoms with Gasteiger partial charge in [0.05, 0.1) is 12.8 Å². The molecule has 0 radical (unpaired) electrons. The van der Waals surface area contributed by atoms with Gasteiger partial charge in [-0.15, -0.1) is 0 Å². The van der Waals surface area contributed by atoms with Crippen LogP contribution in [-0.2, 0) is 7.05 Å². The van der Waals surface area contributed by atoms with Gasteiger partial charge in [0.25, 0.3) is 5.91 Å². The molecule has 2 aromatic rings. The van der Waals surface area contributed by atoms with Gasteiger partial charge >= 0.3 is 0 Å². The fourth-order valence-electron chi connectivity index (χ4n) is 2.91. The standard InChI is InChI=1S/C17H21N3O2/c1-20-16(17(21)18-13-5-3-4-6-13)11-15(19-20)12-7-9-14(22-2)10-8-12/h7-11,13H,3-6H2,1-2H3,(H,18,21). The lowest BCUT2D eigenvalue weighted by Crippen LogP contribution is -2.33. The second-order valence-electron chi connectivity index (χ2n) is 5.72. The van der Waals surface area contributed by atoms with Crippen LogP contribution >= 0.6 is 0 Å². The van der Waals surface area contributed by atoms with E-state index < -0.39 is 0 Å². The first-order valence-electron chi connectivity index (χ1n) is 7.66. The van der Waals surface area contributed by atoms with Gasteiger partial charge in [-0.1, -0.05) is 12.8 Å². The fraction of sp³-hybridized carbons (Fsp3) is 0.412. The van der Waals surface area contributed by atoms with Crippen LogP contribution in [0.3, 0.4) is 0 Å². The van der Waals surface area contributed by atoms with Crippen LogP contribution in [0.15, 0.2) is 30.3 Å². The molecule has 1 heterocycles. The highest BCUT2D eigenvalue weighted by Crippen LogP contribution is 2.23. The number of aromatic nitrogens is 2. The van der Waals surface area contributed by atoms with Crippen molar-refractivity contribution < 1.29 is 9.53 Å². The van der Waals surface area contributed by atoms with Gasteiger partial charge in [0.2, 0.25) is 0 Å².